The molecule has 0 aromatic heterocycles. The Morgan fingerprint density at radius 1 is 0.913 bits per heavy atom. The number of ether oxygens (including phenoxy) is 1. The molecule has 23 heavy (non-hydrogen) atoms. The van der Waals surface area contributed by atoms with Crippen molar-refractivity contribution in [1.82, 2.24) is 5.32 Å². The van der Waals surface area contributed by atoms with E-state index in [2.05, 4.69) is 16.0 Å². The zero-order valence-corrected chi connectivity index (χ0v) is 12.8. The maximum absolute atomic E-state index is 11.7. The third kappa shape index (κ3) is 6.09. The number of anilines is 2. The molecule has 120 valence electrons. The van der Waals surface area contributed by atoms with Gasteiger partial charge in [-0.1, -0.05) is 36.4 Å². The van der Waals surface area contributed by atoms with E-state index in [9.17, 15) is 9.59 Å². The van der Waals surface area contributed by atoms with Crippen LogP contribution in [-0.2, 0) is 4.74 Å². The smallest absolute Gasteiger partial charge is 0.411 e. The van der Waals surface area contributed by atoms with Gasteiger partial charge in [0.25, 0.3) is 0 Å². The second-order valence-electron chi connectivity index (χ2n) is 4.91. The van der Waals surface area contributed by atoms with Crippen molar-refractivity contribution in [3.63, 3.8) is 0 Å². The zero-order chi connectivity index (χ0) is 16.5. The number of amides is 3. The molecule has 0 aliphatic carbocycles. The molecule has 2 rings (SSSR count). The Hall–Kier alpha value is -3.02. The van der Waals surface area contributed by atoms with Crippen molar-refractivity contribution < 1.29 is 14.3 Å². The average Bonchev–Trinajstić information content (AvgIpc) is 2.55. The number of rotatable bonds is 5. The Labute approximate surface area is 134 Å². The minimum atomic E-state index is -0.561. The van der Waals surface area contributed by atoms with Crippen LogP contribution in [0.5, 0.6) is 0 Å². The largest absolute Gasteiger partial charge is 0.444 e. The summed E-state index contributed by atoms with van der Waals surface area (Å²) in [7, 11) is 0. The molecule has 2 aromatic carbocycles. The van der Waals surface area contributed by atoms with Gasteiger partial charge in [-0.25, -0.2) is 9.59 Å². The van der Waals surface area contributed by atoms with Crippen molar-refractivity contribution in [3.8, 4) is 0 Å². The number of hydrogen-bond donors (Lipinski definition) is 3. The zero-order valence-electron chi connectivity index (χ0n) is 12.8. The molecule has 3 amide bonds. The van der Waals surface area contributed by atoms with Crippen LogP contribution in [0.15, 0.2) is 60.7 Å². The molecule has 0 radical (unpaired) electrons. The van der Waals surface area contributed by atoms with Crippen LogP contribution in [0.2, 0.25) is 0 Å². The highest BCUT2D eigenvalue weighted by atomic mass is 16.6. The quantitative estimate of drug-likeness (QED) is 0.791. The van der Waals surface area contributed by atoms with Gasteiger partial charge in [0.1, 0.15) is 6.10 Å². The molecular formula is C17H19N3O3. The summed E-state index contributed by atoms with van der Waals surface area (Å²) in [5, 5.41) is 7.94. The van der Waals surface area contributed by atoms with Gasteiger partial charge in [-0.3, -0.25) is 5.32 Å². The molecule has 0 heterocycles. The van der Waals surface area contributed by atoms with E-state index in [-0.39, 0.29) is 12.6 Å². The molecule has 0 aliphatic heterocycles. The maximum atomic E-state index is 11.7. The van der Waals surface area contributed by atoms with Gasteiger partial charge in [-0.15, -0.1) is 0 Å². The van der Waals surface area contributed by atoms with Gasteiger partial charge in [0, 0.05) is 11.4 Å². The third-order valence-electron chi connectivity index (χ3n) is 2.91. The molecule has 1 unspecified atom stereocenters. The molecular weight excluding hydrogens is 294 g/mol. The fourth-order valence-corrected chi connectivity index (χ4v) is 1.83. The van der Waals surface area contributed by atoms with Gasteiger partial charge in [0.05, 0.1) is 6.54 Å². The van der Waals surface area contributed by atoms with Crippen molar-refractivity contribution >= 4 is 23.5 Å². The second-order valence-corrected chi connectivity index (χ2v) is 4.91. The summed E-state index contributed by atoms with van der Waals surface area (Å²) in [5.74, 6) is 0. The summed E-state index contributed by atoms with van der Waals surface area (Å²) in [6.07, 6.45) is -1.02. The fraction of sp³-hybridized carbons (Fsp3) is 0.176. The van der Waals surface area contributed by atoms with Crippen LogP contribution in [0.4, 0.5) is 21.0 Å². The van der Waals surface area contributed by atoms with Gasteiger partial charge in [-0.2, -0.15) is 0 Å². The fourth-order valence-electron chi connectivity index (χ4n) is 1.83. The number of carbonyl (C=O) groups is 2. The van der Waals surface area contributed by atoms with E-state index < -0.39 is 12.2 Å². The Morgan fingerprint density at radius 3 is 2.00 bits per heavy atom. The molecule has 0 fully saturated rings. The molecule has 0 saturated heterocycles. The summed E-state index contributed by atoms with van der Waals surface area (Å²) in [6.45, 7) is 1.91. The summed E-state index contributed by atoms with van der Waals surface area (Å²) in [4.78, 5) is 23.4. The molecule has 6 heteroatoms. The van der Waals surface area contributed by atoms with Gasteiger partial charge >= 0.3 is 12.1 Å². The Balaban J connectivity index is 1.69. The highest BCUT2D eigenvalue weighted by Crippen LogP contribution is 2.06. The van der Waals surface area contributed by atoms with E-state index in [1.54, 1.807) is 31.2 Å². The van der Waals surface area contributed by atoms with Crippen LogP contribution >= 0.6 is 0 Å². The molecule has 0 aliphatic rings. The van der Waals surface area contributed by atoms with Crippen LogP contribution in [0.25, 0.3) is 0 Å². The molecule has 3 N–H and O–H groups in total. The first kappa shape index (κ1) is 16.4. The lowest BCUT2D eigenvalue weighted by atomic mass is 10.3. The Morgan fingerprint density at radius 2 is 1.43 bits per heavy atom. The van der Waals surface area contributed by atoms with Gasteiger partial charge in [0.15, 0.2) is 0 Å². The van der Waals surface area contributed by atoms with Crippen molar-refractivity contribution in [2.75, 3.05) is 17.2 Å². The first-order chi connectivity index (χ1) is 11.1. The van der Waals surface area contributed by atoms with Gasteiger partial charge in [0.2, 0.25) is 0 Å². The van der Waals surface area contributed by atoms with E-state index in [1.807, 2.05) is 36.4 Å². The molecule has 1 atom stereocenters. The third-order valence-corrected chi connectivity index (χ3v) is 2.91. The van der Waals surface area contributed by atoms with Crippen molar-refractivity contribution in [2.45, 2.75) is 13.0 Å². The molecule has 6 nitrogen and oxygen atoms in total. The average molecular weight is 313 g/mol. The van der Waals surface area contributed by atoms with Gasteiger partial charge < -0.3 is 15.4 Å². The van der Waals surface area contributed by atoms with Crippen LogP contribution in [-0.4, -0.2) is 24.8 Å². The molecule has 0 saturated carbocycles. The van der Waals surface area contributed by atoms with E-state index >= 15 is 0 Å². The monoisotopic (exact) mass is 313 g/mol. The van der Waals surface area contributed by atoms with Crippen LogP contribution < -0.4 is 16.0 Å². The van der Waals surface area contributed by atoms with E-state index in [1.165, 1.54) is 0 Å². The second kappa shape index (κ2) is 8.43. The lowest BCUT2D eigenvalue weighted by molar-refractivity contribution is 0.120. The lowest BCUT2D eigenvalue weighted by Crippen LogP contribution is -2.36. The Kier molecular flexibility index (Phi) is 5.99. The normalized spacial score (nSPS) is 11.2. The van der Waals surface area contributed by atoms with E-state index in [0.717, 1.165) is 0 Å². The predicted octanol–water partition coefficient (Wildman–Crippen LogP) is 3.45. The molecule has 0 bridgehead atoms. The topological polar surface area (TPSA) is 79.5 Å². The summed E-state index contributed by atoms with van der Waals surface area (Å²) in [6, 6.07) is 17.7. The number of hydrogen-bond acceptors (Lipinski definition) is 3. The summed E-state index contributed by atoms with van der Waals surface area (Å²) in [5.41, 5.74) is 1.35. The minimum absolute atomic E-state index is 0.209. The van der Waals surface area contributed by atoms with Crippen LogP contribution in [0.3, 0.4) is 0 Å². The first-order valence-electron chi connectivity index (χ1n) is 7.26. The van der Waals surface area contributed by atoms with Crippen LogP contribution in [0, 0.1) is 0 Å². The summed E-state index contributed by atoms with van der Waals surface area (Å²) < 4.78 is 5.16. The summed E-state index contributed by atoms with van der Waals surface area (Å²) >= 11 is 0. The lowest BCUT2D eigenvalue weighted by Gasteiger charge is -2.15. The highest BCUT2D eigenvalue weighted by Gasteiger charge is 2.11. The number of urea groups is 1. The molecule has 0 spiro atoms. The SMILES string of the molecule is CC(CNC(=O)Nc1ccccc1)OC(=O)Nc1ccccc1. The number of para-hydroxylation sites is 2. The predicted molar refractivity (Wildman–Crippen MR) is 89.5 cm³/mol. The van der Waals surface area contributed by atoms with Crippen LogP contribution in [0.1, 0.15) is 6.92 Å². The number of benzene rings is 2. The van der Waals surface area contributed by atoms with E-state index in [4.69, 9.17) is 4.74 Å². The first-order valence-corrected chi connectivity index (χ1v) is 7.26. The highest BCUT2D eigenvalue weighted by molar-refractivity contribution is 5.89. The minimum Gasteiger partial charge on any atom is -0.444 e. The van der Waals surface area contributed by atoms with E-state index in [0.29, 0.717) is 11.4 Å². The van der Waals surface area contributed by atoms with Crippen molar-refractivity contribution in [2.24, 2.45) is 0 Å². The van der Waals surface area contributed by atoms with Gasteiger partial charge in [-0.05, 0) is 31.2 Å². The van der Waals surface area contributed by atoms with Crippen molar-refractivity contribution in [3.05, 3.63) is 60.7 Å². The standard InChI is InChI=1S/C17H19N3O3/c1-13(23-17(22)20-15-10-6-3-7-11-15)12-18-16(21)19-14-8-4-2-5-9-14/h2-11,13H,12H2,1H3,(H,20,22)(H2,18,19,21). The molecule has 2 aromatic rings. The number of carbonyl (C=O) groups excluding carboxylic acids is 2. The van der Waals surface area contributed by atoms with Crippen molar-refractivity contribution in [1.29, 1.82) is 0 Å². The number of nitrogens with one attached hydrogen (secondary N) is 3. The Bertz CT molecular complexity index is 632. The maximum Gasteiger partial charge on any atom is 0.411 e.